The molecule has 1 aliphatic heterocycles. The number of carboxylic acids is 1. The highest BCUT2D eigenvalue weighted by atomic mass is 16.4. The standard InChI is InChI=1S/C13H14N4O4/c1-17-11(18)5-4-9(16-17)12(19)15-7-8-2-3-10(13(20)21)14-6-8/h2-3,6H,4-5,7H2,1H3,(H,15,19)(H,20,21). The molecule has 2 N–H and O–H groups in total. The Morgan fingerprint density at radius 1 is 1.38 bits per heavy atom. The third-order valence-corrected chi connectivity index (χ3v) is 2.97. The van der Waals surface area contributed by atoms with Crippen LogP contribution in [0.3, 0.4) is 0 Å². The fraction of sp³-hybridized carbons (Fsp3) is 0.308. The molecule has 0 aliphatic carbocycles. The number of carbonyl (C=O) groups is 3. The zero-order valence-corrected chi connectivity index (χ0v) is 11.4. The van der Waals surface area contributed by atoms with Crippen molar-refractivity contribution in [3.63, 3.8) is 0 Å². The van der Waals surface area contributed by atoms with Gasteiger partial charge in [0, 0.05) is 32.6 Å². The van der Waals surface area contributed by atoms with Crippen LogP contribution in [0.25, 0.3) is 0 Å². The molecule has 21 heavy (non-hydrogen) atoms. The first-order chi connectivity index (χ1) is 9.97. The highest BCUT2D eigenvalue weighted by Crippen LogP contribution is 2.07. The van der Waals surface area contributed by atoms with Gasteiger partial charge in [-0.25, -0.2) is 14.8 Å². The first-order valence-corrected chi connectivity index (χ1v) is 6.28. The number of nitrogens with zero attached hydrogens (tertiary/aromatic N) is 3. The number of carboxylic acid groups (broad SMARTS) is 1. The van der Waals surface area contributed by atoms with Crippen LogP contribution in [-0.2, 0) is 16.1 Å². The second-order valence-electron chi connectivity index (χ2n) is 4.50. The Hall–Kier alpha value is -2.77. The lowest BCUT2D eigenvalue weighted by Gasteiger charge is -2.18. The van der Waals surface area contributed by atoms with Gasteiger partial charge in [-0.2, -0.15) is 5.10 Å². The number of aromatic carboxylic acids is 1. The molecular formula is C13H14N4O4. The first-order valence-electron chi connectivity index (χ1n) is 6.28. The fourth-order valence-corrected chi connectivity index (χ4v) is 1.77. The minimum Gasteiger partial charge on any atom is -0.477 e. The molecule has 0 saturated heterocycles. The second-order valence-corrected chi connectivity index (χ2v) is 4.50. The number of hydrogen-bond donors (Lipinski definition) is 2. The first kappa shape index (κ1) is 14.6. The van der Waals surface area contributed by atoms with Gasteiger partial charge < -0.3 is 10.4 Å². The SMILES string of the molecule is CN1N=C(C(=O)NCc2ccc(C(=O)O)nc2)CCC1=O. The van der Waals surface area contributed by atoms with Gasteiger partial charge in [-0.15, -0.1) is 0 Å². The summed E-state index contributed by atoms with van der Waals surface area (Å²) in [6, 6.07) is 2.95. The van der Waals surface area contributed by atoms with Crippen molar-refractivity contribution in [1.82, 2.24) is 15.3 Å². The Balaban J connectivity index is 1.93. The van der Waals surface area contributed by atoms with Crippen molar-refractivity contribution < 1.29 is 19.5 Å². The van der Waals surface area contributed by atoms with Crippen LogP contribution in [0.1, 0.15) is 28.9 Å². The van der Waals surface area contributed by atoms with Gasteiger partial charge in [0.05, 0.1) is 0 Å². The molecular weight excluding hydrogens is 276 g/mol. The Morgan fingerprint density at radius 3 is 2.71 bits per heavy atom. The molecule has 1 aromatic rings. The quantitative estimate of drug-likeness (QED) is 0.811. The molecule has 1 aromatic heterocycles. The van der Waals surface area contributed by atoms with E-state index in [-0.39, 0.29) is 30.5 Å². The Morgan fingerprint density at radius 2 is 2.14 bits per heavy atom. The smallest absolute Gasteiger partial charge is 0.354 e. The van der Waals surface area contributed by atoms with Crippen molar-refractivity contribution in [2.45, 2.75) is 19.4 Å². The van der Waals surface area contributed by atoms with Crippen molar-refractivity contribution in [2.24, 2.45) is 5.10 Å². The van der Waals surface area contributed by atoms with E-state index in [9.17, 15) is 14.4 Å². The normalized spacial score (nSPS) is 14.6. The molecule has 8 nitrogen and oxygen atoms in total. The Labute approximate surface area is 120 Å². The Bertz CT molecular complexity index is 609. The van der Waals surface area contributed by atoms with Gasteiger partial charge in [-0.3, -0.25) is 9.59 Å². The number of aromatic nitrogens is 1. The molecule has 2 heterocycles. The number of hydrogen-bond acceptors (Lipinski definition) is 5. The molecule has 0 aromatic carbocycles. The summed E-state index contributed by atoms with van der Waals surface area (Å²) >= 11 is 0. The predicted molar refractivity (Wildman–Crippen MR) is 72.5 cm³/mol. The van der Waals surface area contributed by atoms with Crippen LogP contribution in [0.15, 0.2) is 23.4 Å². The zero-order chi connectivity index (χ0) is 15.4. The van der Waals surface area contributed by atoms with Crippen molar-refractivity contribution in [2.75, 3.05) is 7.05 Å². The van der Waals surface area contributed by atoms with Crippen LogP contribution in [0.4, 0.5) is 0 Å². The van der Waals surface area contributed by atoms with E-state index in [1.165, 1.54) is 19.3 Å². The molecule has 0 atom stereocenters. The highest BCUT2D eigenvalue weighted by molar-refractivity contribution is 6.39. The van der Waals surface area contributed by atoms with Gasteiger partial charge in [-0.05, 0) is 11.6 Å². The molecule has 0 radical (unpaired) electrons. The lowest BCUT2D eigenvalue weighted by Crippen LogP contribution is -2.37. The van der Waals surface area contributed by atoms with E-state index >= 15 is 0 Å². The lowest BCUT2D eigenvalue weighted by atomic mass is 10.1. The third-order valence-electron chi connectivity index (χ3n) is 2.97. The molecule has 110 valence electrons. The summed E-state index contributed by atoms with van der Waals surface area (Å²) in [7, 11) is 1.50. The lowest BCUT2D eigenvalue weighted by molar-refractivity contribution is -0.130. The van der Waals surface area contributed by atoms with Gasteiger partial charge in [0.25, 0.3) is 5.91 Å². The molecule has 0 spiro atoms. The molecule has 0 saturated carbocycles. The average Bonchev–Trinajstić information content (AvgIpc) is 2.48. The van der Waals surface area contributed by atoms with Crippen molar-refractivity contribution in [3.8, 4) is 0 Å². The maximum absolute atomic E-state index is 11.9. The summed E-state index contributed by atoms with van der Waals surface area (Å²) < 4.78 is 0. The van der Waals surface area contributed by atoms with Gasteiger partial charge in [0.2, 0.25) is 5.91 Å². The second kappa shape index (κ2) is 6.12. The van der Waals surface area contributed by atoms with Crippen LogP contribution >= 0.6 is 0 Å². The van der Waals surface area contributed by atoms with Crippen molar-refractivity contribution in [3.05, 3.63) is 29.6 Å². The summed E-state index contributed by atoms with van der Waals surface area (Å²) in [6.07, 6.45) is 1.96. The number of rotatable bonds is 4. The maximum atomic E-state index is 11.9. The van der Waals surface area contributed by atoms with E-state index in [0.29, 0.717) is 17.7 Å². The molecule has 0 unspecified atom stereocenters. The number of hydrazone groups is 1. The molecule has 0 fully saturated rings. The number of amides is 2. The van der Waals surface area contributed by atoms with Crippen LogP contribution in [0.2, 0.25) is 0 Å². The Kier molecular flexibility index (Phi) is 4.27. The summed E-state index contributed by atoms with van der Waals surface area (Å²) in [5.74, 6) is -1.58. The van der Waals surface area contributed by atoms with E-state index in [4.69, 9.17) is 5.11 Å². The number of pyridine rings is 1. The van der Waals surface area contributed by atoms with Gasteiger partial charge in [-0.1, -0.05) is 6.07 Å². The largest absolute Gasteiger partial charge is 0.477 e. The number of carbonyl (C=O) groups excluding carboxylic acids is 2. The van der Waals surface area contributed by atoms with Gasteiger partial charge in [0.15, 0.2) is 0 Å². The minimum atomic E-state index is -1.10. The van der Waals surface area contributed by atoms with E-state index < -0.39 is 5.97 Å². The predicted octanol–water partition coefficient (Wildman–Crippen LogP) is 0.00420. The van der Waals surface area contributed by atoms with Crippen LogP contribution < -0.4 is 5.32 Å². The summed E-state index contributed by atoms with van der Waals surface area (Å²) in [6.45, 7) is 0.211. The topological polar surface area (TPSA) is 112 Å². The molecule has 2 amide bonds. The van der Waals surface area contributed by atoms with Gasteiger partial charge >= 0.3 is 5.97 Å². The monoisotopic (exact) mass is 290 g/mol. The summed E-state index contributed by atoms with van der Waals surface area (Å²) in [5.41, 5.74) is 0.920. The highest BCUT2D eigenvalue weighted by Gasteiger charge is 2.21. The van der Waals surface area contributed by atoms with Crippen molar-refractivity contribution >= 4 is 23.5 Å². The molecule has 0 bridgehead atoms. The average molecular weight is 290 g/mol. The summed E-state index contributed by atoms with van der Waals surface area (Å²) in [5, 5.41) is 16.4. The van der Waals surface area contributed by atoms with Crippen LogP contribution in [0, 0.1) is 0 Å². The zero-order valence-electron chi connectivity index (χ0n) is 11.4. The van der Waals surface area contributed by atoms with Gasteiger partial charge in [0.1, 0.15) is 11.4 Å². The summed E-state index contributed by atoms with van der Waals surface area (Å²) in [4.78, 5) is 37.6. The van der Waals surface area contributed by atoms with Crippen LogP contribution in [0.5, 0.6) is 0 Å². The molecule has 8 heteroatoms. The number of nitrogens with one attached hydrogen (secondary N) is 1. The third kappa shape index (κ3) is 3.62. The minimum absolute atomic E-state index is 0.0538. The maximum Gasteiger partial charge on any atom is 0.354 e. The fourth-order valence-electron chi connectivity index (χ4n) is 1.77. The van der Waals surface area contributed by atoms with E-state index in [1.807, 2.05) is 0 Å². The van der Waals surface area contributed by atoms with Crippen LogP contribution in [-0.4, -0.2) is 45.6 Å². The van der Waals surface area contributed by atoms with Crippen molar-refractivity contribution in [1.29, 1.82) is 0 Å². The molecule has 2 rings (SSSR count). The molecule has 1 aliphatic rings. The van der Waals surface area contributed by atoms with E-state index in [2.05, 4.69) is 15.4 Å². The van der Waals surface area contributed by atoms with E-state index in [0.717, 1.165) is 5.01 Å². The van der Waals surface area contributed by atoms with E-state index in [1.54, 1.807) is 6.07 Å².